The van der Waals surface area contributed by atoms with Crippen LogP contribution < -0.4 is 14.8 Å². The van der Waals surface area contributed by atoms with E-state index in [0.717, 1.165) is 31.0 Å². The van der Waals surface area contributed by atoms with Crippen molar-refractivity contribution in [2.45, 2.75) is 46.8 Å². The fourth-order valence-electron chi connectivity index (χ4n) is 1.72. The Morgan fingerprint density at radius 3 is 2.47 bits per heavy atom. The molecular formula is C16H27NO2. The van der Waals surface area contributed by atoms with Crippen LogP contribution in [0.2, 0.25) is 0 Å². The van der Waals surface area contributed by atoms with Crippen LogP contribution in [0.4, 0.5) is 0 Å². The normalized spacial score (nSPS) is 12.5. The molecule has 0 heterocycles. The molecule has 1 N–H and O–H groups in total. The van der Waals surface area contributed by atoms with Gasteiger partial charge in [0.25, 0.3) is 0 Å². The van der Waals surface area contributed by atoms with Crippen molar-refractivity contribution in [2.75, 3.05) is 13.7 Å². The molecule has 0 saturated carbocycles. The highest BCUT2D eigenvalue weighted by molar-refractivity contribution is 5.43. The van der Waals surface area contributed by atoms with Gasteiger partial charge in [0.05, 0.1) is 13.2 Å². The zero-order valence-electron chi connectivity index (χ0n) is 12.8. The topological polar surface area (TPSA) is 30.5 Å². The van der Waals surface area contributed by atoms with Crippen molar-refractivity contribution in [2.24, 2.45) is 5.92 Å². The maximum absolute atomic E-state index is 5.84. The monoisotopic (exact) mass is 265 g/mol. The Bertz CT molecular complexity index is 377. The molecule has 0 radical (unpaired) electrons. The maximum Gasteiger partial charge on any atom is 0.161 e. The van der Waals surface area contributed by atoms with Crippen molar-refractivity contribution < 1.29 is 9.47 Å². The third kappa shape index (κ3) is 5.52. The van der Waals surface area contributed by atoms with Gasteiger partial charge in [0.15, 0.2) is 11.5 Å². The molecule has 1 atom stereocenters. The van der Waals surface area contributed by atoms with E-state index in [9.17, 15) is 0 Å². The van der Waals surface area contributed by atoms with E-state index in [-0.39, 0.29) is 6.10 Å². The van der Waals surface area contributed by atoms with Gasteiger partial charge in [-0.15, -0.1) is 0 Å². The molecule has 0 amide bonds. The lowest BCUT2D eigenvalue weighted by Crippen LogP contribution is -2.19. The summed E-state index contributed by atoms with van der Waals surface area (Å²) < 4.78 is 11.2. The molecule has 3 nitrogen and oxygen atoms in total. The van der Waals surface area contributed by atoms with E-state index >= 15 is 0 Å². The average Bonchev–Trinajstić information content (AvgIpc) is 2.39. The zero-order valence-corrected chi connectivity index (χ0v) is 12.8. The van der Waals surface area contributed by atoms with E-state index in [0.29, 0.717) is 5.92 Å². The fraction of sp³-hybridized carbons (Fsp3) is 0.625. The summed E-state index contributed by atoms with van der Waals surface area (Å²) in [6.45, 7) is 10.5. The van der Waals surface area contributed by atoms with Gasteiger partial charge >= 0.3 is 0 Å². The largest absolute Gasteiger partial charge is 0.493 e. The molecule has 0 unspecified atom stereocenters. The third-order valence-corrected chi connectivity index (χ3v) is 3.01. The van der Waals surface area contributed by atoms with E-state index in [1.165, 1.54) is 5.56 Å². The van der Waals surface area contributed by atoms with Gasteiger partial charge in [-0.05, 0) is 43.5 Å². The van der Waals surface area contributed by atoms with Gasteiger partial charge in [-0.3, -0.25) is 0 Å². The smallest absolute Gasteiger partial charge is 0.161 e. The number of hydrogen-bond acceptors (Lipinski definition) is 3. The minimum Gasteiger partial charge on any atom is -0.493 e. The average molecular weight is 265 g/mol. The van der Waals surface area contributed by atoms with Gasteiger partial charge in [-0.2, -0.15) is 0 Å². The van der Waals surface area contributed by atoms with Crippen LogP contribution in [0, 0.1) is 5.92 Å². The van der Waals surface area contributed by atoms with Crippen LogP contribution in [-0.4, -0.2) is 19.8 Å². The van der Waals surface area contributed by atoms with E-state index in [2.05, 4.69) is 39.1 Å². The summed E-state index contributed by atoms with van der Waals surface area (Å²) >= 11 is 0. The number of hydrogen-bond donors (Lipinski definition) is 1. The molecule has 0 bridgehead atoms. The lowest BCUT2D eigenvalue weighted by atomic mass is 10.1. The Morgan fingerprint density at radius 1 is 1.16 bits per heavy atom. The zero-order chi connectivity index (χ0) is 14.3. The van der Waals surface area contributed by atoms with Crippen molar-refractivity contribution in [3.8, 4) is 11.5 Å². The first-order valence-corrected chi connectivity index (χ1v) is 7.11. The molecular weight excluding hydrogens is 238 g/mol. The Labute approximate surface area is 117 Å². The second kappa shape index (κ2) is 8.05. The van der Waals surface area contributed by atoms with Crippen molar-refractivity contribution >= 4 is 0 Å². The number of ether oxygens (including phenoxy) is 2. The number of benzene rings is 1. The minimum atomic E-state index is 0.207. The maximum atomic E-state index is 5.84. The van der Waals surface area contributed by atoms with Crippen molar-refractivity contribution in [1.29, 1.82) is 0 Å². The second-order valence-electron chi connectivity index (χ2n) is 5.35. The Kier molecular flexibility index (Phi) is 6.71. The number of rotatable bonds is 8. The van der Waals surface area contributed by atoms with Gasteiger partial charge in [0.2, 0.25) is 0 Å². The summed E-state index contributed by atoms with van der Waals surface area (Å²) in [4.78, 5) is 0. The predicted octanol–water partition coefficient (Wildman–Crippen LogP) is 3.62. The molecule has 0 fully saturated rings. The lowest BCUT2D eigenvalue weighted by Gasteiger charge is -2.16. The van der Waals surface area contributed by atoms with Crippen LogP contribution in [0.5, 0.6) is 11.5 Å². The Morgan fingerprint density at radius 2 is 1.89 bits per heavy atom. The first-order chi connectivity index (χ1) is 9.06. The molecule has 0 aliphatic carbocycles. The van der Waals surface area contributed by atoms with Crippen LogP contribution in [-0.2, 0) is 6.54 Å². The molecule has 108 valence electrons. The molecule has 0 aromatic heterocycles. The van der Waals surface area contributed by atoms with Crippen LogP contribution in [0.15, 0.2) is 18.2 Å². The molecule has 0 aliphatic heterocycles. The summed E-state index contributed by atoms with van der Waals surface area (Å²) in [6.07, 6.45) is 1.19. The van der Waals surface area contributed by atoms with Crippen LogP contribution in [0.3, 0.4) is 0 Å². The lowest BCUT2D eigenvalue weighted by molar-refractivity contribution is 0.207. The summed E-state index contributed by atoms with van der Waals surface area (Å²) in [5.41, 5.74) is 1.22. The molecule has 3 heteroatoms. The van der Waals surface area contributed by atoms with Gasteiger partial charge in [0, 0.05) is 6.54 Å². The van der Waals surface area contributed by atoms with Gasteiger partial charge in [0.1, 0.15) is 0 Å². The van der Waals surface area contributed by atoms with E-state index in [1.54, 1.807) is 7.11 Å². The molecule has 19 heavy (non-hydrogen) atoms. The quantitative estimate of drug-likeness (QED) is 0.778. The molecule has 1 aromatic carbocycles. The van der Waals surface area contributed by atoms with Gasteiger partial charge in [-0.1, -0.05) is 26.8 Å². The summed E-state index contributed by atoms with van der Waals surface area (Å²) in [7, 11) is 1.68. The SMILES string of the molecule is CC[C@H](C)Oc1ccc(CNCC(C)C)cc1OC. The third-order valence-electron chi connectivity index (χ3n) is 3.01. The molecule has 1 aromatic rings. The van der Waals surface area contributed by atoms with Crippen LogP contribution in [0.1, 0.15) is 39.7 Å². The summed E-state index contributed by atoms with van der Waals surface area (Å²) in [5.74, 6) is 2.29. The van der Waals surface area contributed by atoms with E-state index in [1.807, 2.05) is 12.1 Å². The minimum absolute atomic E-state index is 0.207. The van der Waals surface area contributed by atoms with Gasteiger partial charge < -0.3 is 14.8 Å². The first-order valence-electron chi connectivity index (χ1n) is 7.11. The Balaban J connectivity index is 2.67. The van der Waals surface area contributed by atoms with Crippen molar-refractivity contribution in [3.63, 3.8) is 0 Å². The van der Waals surface area contributed by atoms with Crippen LogP contribution in [0.25, 0.3) is 0 Å². The van der Waals surface area contributed by atoms with E-state index < -0.39 is 0 Å². The summed E-state index contributed by atoms with van der Waals surface area (Å²) in [5, 5.41) is 3.43. The summed E-state index contributed by atoms with van der Waals surface area (Å²) in [6, 6.07) is 6.13. The molecule has 1 rings (SSSR count). The molecule has 0 aliphatic rings. The van der Waals surface area contributed by atoms with Crippen molar-refractivity contribution in [3.05, 3.63) is 23.8 Å². The van der Waals surface area contributed by atoms with Gasteiger partial charge in [-0.25, -0.2) is 0 Å². The van der Waals surface area contributed by atoms with Crippen LogP contribution >= 0.6 is 0 Å². The Hall–Kier alpha value is -1.22. The molecule has 0 spiro atoms. The molecule has 0 saturated heterocycles. The standard InChI is InChI=1S/C16H27NO2/c1-6-13(4)19-15-8-7-14(9-16(15)18-5)11-17-10-12(2)3/h7-9,12-13,17H,6,10-11H2,1-5H3/t13-/m0/s1. The predicted molar refractivity (Wildman–Crippen MR) is 79.9 cm³/mol. The highest BCUT2D eigenvalue weighted by atomic mass is 16.5. The number of nitrogens with one attached hydrogen (secondary N) is 1. The second-order valence-corrected chi connectivity index (χ2v) is 5.35. The first kappa shape index (κ1) is 15.8. The number of methoxy groups -OCH3 is 1. The fourth-order valence-corrected chi connectivity index (χ4v) is 1.72. The highest BCUT2D eigenvalue weighted by Crippen LogP contribution is 2.29. The highest BCUT2D eigenvalue weighted by Gasteiger charge is 2.08. The van der Waals surface area contributed by atoms with Crippen molar-refractivity contribution in [1.82, 2.24) is 5.32 Å². The van der Waals surface area contributed by atoms with E-state index in [4.69, 9.17) is 9.47 Å².